The summed E-state index contributed by atoms with van der Waals surface area (Å²) >= 11 is 0. The number of rotatable bonds is 2. The lowest BCUT2D eigenvalue weighted by atomic mass is 10.1. The monoisotopic (exact) mass is 158 g/mol. The van der Waals surface area contributed by atoms with Crippen LogP contribution >= 0.6 is 0 Å². The summed E-state index contributed by atoms with van der Waals surface area (Å²) in [4.78, 5) is 2.23. The molecule has 1 aliphatic rings. The van der Waals surface area contributed by atoms with Gasteiger partial charge in [-0.05, 0) is 26.3 Å². The first-order valence-electron chi connectivity index (χ1n) is 4.34. The van der Waals surface area contributed by atoms with Gasteiger partial charge in [0.05, 0.1) is 6.10 Å². The minimum absolute atomic E-state index is 0.222. The molecule has 0 aliphatic carbocycles. The van der Waals surface area contributed by atoms with Crippen molar-refractivity contribution in [3.8, 4) is 0 Å². The highest BCUT2D eigenvalue weighted by Gasteiger charge is 2.16. The summed E-state index contributed by atoms with van der Waals surface area (Å²) in [6.07, 6.45) is 2.09. The molecule has 1 rings (SSSR count). The van der Waals surface area contributed by atoms with Gasteiger partial charge in [0.25, 0.3) is 0 Å². The first-order valence-corrected chi connectivity index (χ1v) is 4.34. The second kappa shape index (κ2) is 4.04. The molecule has 11 heavy (non-hydrogen) atoms. The molecule has 1 unspecified atom stereocenters. The van der Waals surface area contributed by atoms with Crippen molar-refractivity contribution in [3.63, 3.8) is 0 Å². The molecule has 0 aromatic rings. The number of β-amino-alcohol motifs (C(OH)–C–C–N with tert-alkyl or cyclic N) is 1. The molecule has 0 spiro atoms. The maximum Gasteiger partial charge on any atom is 0.0639 e. The molecule has 0 aromatic carbocycles. The largest absolute Gasteiger partial charge is 0.392 e. The molecule has 0 amide bonds. The van der Waals surface area contributed by atoms with Gasteiger partial charge in [0, 0.05) is 19.1 Å². The smallest absolute Gasteiger partial charge is 0.0639 e. The Hall–Kier alpha value is -0.120. The van der Waals surface area contributed by atoms with E-state index in [-0.39, 0.29) is 6.10 Å². The number of nitrogens with two attached hydrogens (primary N) is 1. The van der Waals surface area contributed by atoms with Crippen LogP contribution in [0.5, 0.6) is 0 Å². The van der Waals surface area contributed by atoms with Gasteiger partial charge in [0.2, 0.25) is 0 Å². The molecule has 1 fully saturated rings. The molecule has 3 heteroatoms. The average Bonchev–Trinajstić information content (AvgIpc) is 1.85. The molecule has 0 radical (unpaired) electrons. The standard InChI is InChI=1S/C8H18N2O/c1-7(11)5-10-4-2-3-8(9)6-10/h7-8,11H,2-6,9H2,1H3/t7-,8?/m1/s1. The number of hydrogen-bond donors (Lipinski definition) is 2. The Morgan fingerprint density at radius 2 is 2.45 bits per heavy atom. The van der Waals surface area contributed by atoms with E-state index in [9.17, 15) is 0 Å². The highest BCUT2D eigenvalue weighted by atomic mass is 16.3. The van der Waals surface area contributed by atoms with Gasteiger partial charge in [-0.2, -0.15) is 0 Å². The third kappa shape index (κ3) is 3.18. The molecule has 1 heterocycles. The summed E-state index contributed by atoms with van der Waals surface area (Å²) in [6, 6.07) is 0.322. The van der Waals surface area contributed by atoms with Crippen LogP contribution in [0.3, 0.4) is 0 Å². The molecular weight excluding hydrogens is 140 g/mol. The SMILES string of the molecule is C[C@@H](O)CN1CCCC(N)C1. The zero-order chi connectivity index (χ0) is 8.27. The Labute approximate surface area is 68.2 Å². The van der Waals surface area contributed by atoms with Gasteiger partial charge in [0.15, 0.2) is 0 Å². The molecule has 66 valence electrons. The molecule has 1 saturated heterocycles. The fourth-order valence-electron chi connectivity index (χ4n) is 1.63. The molecule has 0 aromatic heterocycles. The van der Waals surface area contributed by atoms with Crippen LogP contribution in [-0.2, 0) is 0 Å². The van der Waals surface area contributed by atoms with E-state index in [0.717, 1.165) is 26.1 Å². The predicted octanol–water partition coefficient (Wildman–Crippen LogP) is -0.210. The van der Waals surface area contributed by atoms with Crippen molar-refractivity contribution in [2.45, 2.75) is 31.9 Å². The molecular formula is C8H18N2O. The Morgan fingerprint density at radius 1 is 1.73 bits per heavy atom. The van der Waals surface area contributed by atoms with Crippen molar-refractivity contribution in [3.05, 3.63) is 0 Å². The summed E-state index contributed by atoms with van der Waals surface area (Å²) < 4.78 is 0. The van der Waals surface area contributed by atoms with Crippen LogP contribution in [0.15, 0.2) is 0 Å². The molecule has 1 aliphatic heterocycles. The molecule has 3 N–H and O–H groups in total. The Bertz CT molecular complexity index is 115. The van der Waals surface area contributed by atoms with Gasteiger partial charge in [-0.25, -0.2) is 0 Å². The van der Waals surface area contributed by atoms with Crippen molar-refractivity contribution >= 4 is 0 Å². The van der Waals surface area contributed by atoms with E-state index in [1.165, 1.54) is 6.42 Å². The van der Waals surface area contributed by atoms with Gasteiger partial charge in [-0.1, -0.05) is 0 Å². The quantitative estimate of drug-likeness (QED) is 0.584. The number of aliphatic hydroxyl groups excluding tert-OH is 1. The number of nitrogens with zero attached hydrogens (tertiary/aromatic N) is 1. The van der Waals surface area contributed by atoms with Crippen LogP contribution in [0, 0.1) is 0 Å². The van der Waals surface area contributed by atoms with E-state index >= 15 is 0 Å². The van der Waals surface area contributed by atoms with Crippen molar-refractivity contribution in [1.29, 1.82) is 0 Å². The molecule has 2 atom stereocenters. The van der Waals surface area contributed by atoms with E-state index in [0.29, 0.717) is 6.04 Å². The van der Waals surface area contributed by atoms with Crippen molar-refractivity contribution in [2.24, 2.45) is 5.73 Å². The first-order chi connectivity index (χ1) is 5.18. The topological polar surface area (TPSA) is 49.5 Å². The predicted molar refractivity (Wildman–Crippen MR) is 45.3 cm³/mol. The third-order valence-electron chi connectivity index (χ3n) is 2.06. The number of likely N-dealkylation sites (tertiary alicyclic amines) is 1. The van der Waals surface area contributed by atoms with Gasteiger partial charge < -0.3 is 10.8 Å². The number of hydrogen-bond acceptors (Lipinski definition) is 3. The van der Waals surface area contributed by atoms with Crippen LogP contribution in [0.2, 0.25) is 0 Å². The van der Waals surface area contributed by atoms with E-state index in [2.05, 4.69) is 4.90 Å². The van der Waals surface area contributed by atoms with Crippen LogP contribution in [-0.4, -0.2) is 41.8 Å². The van der Waals surface area contributed by atoms with Crippen LogP contribution in [0.4, 0.5) is 0 Å². The van der Waals surface area contributed by atoms with Gasteiger partial charge in [0.1, 0.15) is 0 Å². The highest BCUT2D eigenvalue weighted by molar-refractivity contribution is 4.75. The lowest BCUT2D eigenvalue weighted by Crippen LogP contribution is -2.45. The zero-order valence-corrected chi connectivity index (χ0v) is 7.16. The van der Waals surface area contributed by atoms with Crippen molar-refractivity contribution in [1.82, 2.24) is 4.90 Å². The van der Waals surface area contributed by atoms with Crippen molar-refractivity contribution < 1.29 is 5.11 Å². The van der Waals surface area contributed by atoms with Crippen LogP contribution < -0.4 is 5.73 Å². The van der Waals surface area contributed by atoms with E-state index in [4.69, 9.17) is 10.8 Å². The third-order valence-corrected chi connectivity index (χ3v) is 2.06. The average molecular weight is 158 g/mol. The van der Waals surface area contributed by atoms with Gasteiger partial charge in [-0.3, -0.25) is 4.90 Å². The Kier molecular flexibility index (Phi) is 3.30. The second-order valence-corrected chi connectivity index (χ2v) is 3.51. The van der Waals surface area contributed by atoms with Gasteiger partial charge in [-0.15, -0.1) is 0 Å². The molecule has 0 saturated carbocycles. The maximum atomic E-state index is 9.11. The summed E-state index contributed by atoms with van der Waals surface area (Å²) in [6.45, 7) is 4.64. The second-order valence-electron chi connectivity index (χ2n) is 3.51. The van der Waals surface area contributed by atoms with Crippen LogP contribution in [0.25, 0.3) is 0 Å². The summed E-state index contributed by atoms with van der Waals surface area (Å²) in [7, 11) is 0. The highest BCUT2D eigenvalue weighted by Crippen LogP contribution is 2.07. The minimum Gasteiger partial charge on any atom is -0.392 e. The fraction of sp³-hybridized carbons (Fsp3) is 1.00. The number of aliphatic hydroxyl groups is 1. The summed E-state index contributed by atoms with van der Waals surface area (Å²) in [5.74, 6) is 0. The lowest BCUT2D eigenvalue weighted by molar-refractivity contribution is 0.108. The minimum atomic E-state index is -0.222. The first kappa shape index (κ1) is 8.97. The Morgan fingerprint density at radius 3 is 3.00 bits per heavy atom. The van der Waals surface area contributed by atoms with Gasteiger partial charge >= 0.3 is 0 Å². The fourth-order valence-corrected chi connectivity index (χ4v) is 1.63. The summed E-state index contributed by atoms with van der Waals surface area (Å²) in [5.41, 5.74) is 5.78. The molecule has 0 bridgehead atoms. The Balaban J connectivity index is 2.23. The summed E-state index contributed by atoms with van der Waals surface area (Å²) in [5, 5.41) is 9.11. The molecule has 3 nitrogen and oxygen atoms in total. The van der Waals surface area contributed by atoms with Crippen LogP contribution in [0.1, 0.15) is 19.8 Å². The lowest BCUT2D eigenvalue weighted by Gasteiger charge is -2.31. The zero-order valence-electron chi connectivity index (χ0n) is 7.16. The number of piperidine rings is 1. The normalized spacial score (nSPS) is 30.3. The van der Waals surface area contributed by atoms with E-state index in [1.807, 2.05) is 6.92 Å². The van der Waals surface area contributed by atoms with E-state index < -0.39 is 0 Å². The van der Waals surface area contributed by atoms with E-state index in [1.54, 1.807) is 0 Å². The maximum absolute atomic E-state index is 9.11. The van der Waals surface area contributed by atoms with Crippen molar-refractivity contribution in [2.75, 3.05) is 19.6 Å².